The summed E-state index contributed by atoms with van der Waals surface area (Å²) in [5.74, 6) is -0.140. The van der Waals surface area contributed by atoms with Gasteiger partial charge in [0.25, 0.3) is 5.91 Å². The maximum Gasteiger partial charge on any atom is 0.348 e. The Balaban J connectivity index is 1.41. The van der Waals surface area contributed by atoms with Gasteiger partial charge in [-0.25, -0.2) is 9.80 Å². The van der Waals surface area contributed by atoms with Gasteiger partial charge in [0, 0.05) is 11.3 Å². The van der Waals surface area contributed by atoms with Crippen molar-refractivity contribution >= 4 is 39.7 Å². The molecule has 1 aliphatic rings. The normalized spacial score (nSPS) is 15.2. The van der Waals surface area contributed by atoms with Crippen LogP contribution in [0.3, 0.4) is 0 Å². The summed E-state index contributed by atoms with van der Waals surface area (Å²) >= 11 is 1.34. The van der Waals surface area contributed by atoms with Gasteiger partial charge in [0.1, 0.15) is 10.6 Å². The van der Waals surface area contributed by atoms with E-state index in [1.807, 2.05) is 55.5 Å². The van der Waals surface area contributed by atoms with Crippen LogP contribution in [-0.2, 0) is 9.53 Å². The molecule has 0 spiro atoms. The molecule has 5 rings (SSSR count). The van der Waals surface area contributed by atoms with E-state index in [2.05, 4.69) is 24.3 Å². The number of hydrogen-bond acceptors (Lipinski definition) is 6. The van der Waals surface area contributed by atoms with Crippen molar-refractivity contribution in [1.29, 1.82) is 0 Å². The molecule has 1 aliphatic heterocycles. The molecule has 6 nitrogen and oxygen atoms in total. The fraction of sp³-hybridized carbons (Fsp3) is 0.179. The molecule has 176 valence electrons. The highest BCUT2D eigenvalue weighted by Crippen LogP contribution is 2.34. The van der Waals surface area contributed by atoms with Crippen molar-refractivity contribution in [2.75, 3.05) is 13.7 Å². The summed E-state index contributed by atoms with van der Waals surface area (Å²) in [5, 5.41) is 8.40. The second-order valence-corrected chi connectivity index (χ2v) is 9.61. The van der Waals surface area contributed by atoms with Gasteiger partial charge in [-0.3, -0.25) is 4.79 Å². The molecule has 7 heteroatoms. The molecule has 35 heavy (non-hydrogen) atoms. The van der Waals surface area contributed by atoms with Crippen molar-refractivity contribution in [3.05, 3.63) is 99.7 Å². The molecule has 1 aromatic heterocycles. The zero-order valence-corrected chi connectivity index (χ0v) is 20.2. The van der Waals surface area contributed by atoms with E-state index in [1.54, 1.807) is 13.2 Å². The summed E-state index contributed by atoms with van der Waals surface area (Å²) in [6.45, 7) is 1.54. The first-order valence-electron chi connectivity index (χ1n) is 11.3. The third-order valence-corrected chi connectivity index (χ3v) is 7.00. The fourth-order valence-electron chi connectivity index (χ4n) is 4.18. The monoisotopic (exact) mass is 484 g/mol. The van der Waals surface area contributed by atoms with E-state index in [0.29, 0.717) is 11.3 Å². The number of ether oxygens (including phenoxy) is 2. The van der Waals surface area contributed by atoms with Gasteiger partial charge in [0.15, 0.2) is 6.61 Å². The Hall–Kier alpha value is -3.97. The van der Waals surface area contributed by atoms with Crippen molar-refractivity contribution in [3.63, 3.8) is 0 Å². The minimum atomic E-state index is -0.504. The topological polar surface area (TPSA) is 68.2 Å². The number of rotatable bonds is 6. The summed E-state index contributed by atoms with van der Waals surface area (Å²) in [5.41, 5.74) is 2.70. The molecule has 1 unspecified atom stereocenters. The van der Waals surface area contributed by atoms with Crippen molar-refractivity contribution in [3.8, 4) is 5.75 Å². The Kier molecular flexibility index (Phi) is 6.33. The summed E-state index contributed by atoms with van der Waals surface area (Å²) in [4.78, 5) is 27.1. The first-order chi connectivity index (χ1) is 17.0. The highest BCUT2D eigenvalue weighted by molar-refractivity contribution is 7.13. The quantitative estimate of drug-likeness (QED) is 0.327. The number of thiophene rings is 1. The van der Waals surface area contributed by atoms with Crippen LogP contribution < -0.4 is 4.74 Å². The predicted molar refractivity (Wildman–Crippen MR) is 137 cm³/mol. The van der Waals surface area contributed by atoms with Crippen LogP contribution in [0, 0.1) is 6.92 Å². The van der Waals surface area contributed by atoms with Crippen LogP contribution in [0.5, 0.6) is 5.75 Å². The number of aryl methyl sites for hydroxylation is 1. The van der Waals surface area contributed by atoms with Crippen LogP contribution in [0.15, 0.2) is 84.0 Å². The van der Waals surface area contributed by atoms with Gasteiger partial charge in [-0.05, 0) is 59.2 Å². The number of amides is 1. The number of fused-ring (bicyclic) bond motifs is 1. The lowest BCUT2D eigenvalue weighted by molar-refractivity contribution is -0.136. The molecule has 0 bridgehead atoms. The standard InChI is InChI=1S/C28H24N2O4S/c1-18-7-14-26(35-18)28(32)34-17-27(31)30-25(20-10-12-23(33-2)13-11-20)16-24(29-30)22-9-8-19-5-3-4-6-21(19)15-22/h3-15,25H,16-17H2,1-2H3. The van der Waals surface area contributed by atoms with Crippen LogP contribution in [0.4, 0.5) is 0 Å². The van der Waals surface area contributed by atoms with E-state index in [9.17, 15) is 9.59 Å². The number of benzene rings is 3. The average molecular weight is 485 g/mol. The van der Waals surface area contributed by atoms with Gasteiger partial charge in [0.2, 0.25) is 0 Å². The van der Waals surface area contributed by atoms with E-state index in [-0.39, 0.29) is 18.6 Å². The van der Waals surface area contributed by atoms with Gasteiger partial charge in [0.05, 0.1) is 18.9 Å². The second-order valence-electron chi connectivity index (χ2n) is 8.33. The van der Waals surface area contributed by atoms with Crippen molar-refractivity contribution in [2.24, 2.45) is 5.10 Å². The first-order valence-corrected chi connectivity index (χ1v) is 12.1. The number of carbonyl (C=O) groups is 2. The van der Waals surface area contributed by atoms with Crippen LogP contribution >= 0.6 is 11.3 Å². The minimum absolute atomic E-state index is 0.308. The Morgan fingerprint density at radius 1 is 1.00 bits per heavy atom. The molecule has 0 radical (unpaired) electrons. The molecule has 3 aromatic carbocycles. The third kappa shape index (κ3) is 4.81. The van der Waals surface area contributed by atoms with E-state index >= 15 is 0 Å². The fourth-order valence-corrected chi connectivity index (χ4v) is 4.94. The van der Waals surface area contributed by atoms with Crippen molar-refractivity contribution < 1.29 is 19.1 Å². The van der Waals surface area contributed by atoms with E-state index in [0.717, 1.165) is 38.2 Å². The molecular weight excluding hydrogens is 460 g/mol. The van der Waals surface area contributed by atoms with Gasteiger partial charge in [-0.2, -0.15) is 5.10 Å². The Bertz CT molecular complexity index is 1420. The number of hydrogen-bond donors (Lipinski definition) is 0. The smallest absolute Gasteiger partial charge is 0.348 e. The van der Waals surface area contributed by atoms with Gasteiger partial charge < -0.3 is 9.47 Å². The second kappa shape index (κ2) is 9.72. The Morgan fingerprint density at radius 3 is 2.49 bits per heavy atom. The molecular formula is C28H24N2O4S. The Labute approximate surface area is 207 Å². The largest absolute Gasteiger partial charge is 0.497 e. The van der Waals surface area contributed by atoms with Crippen LogP contribution in [0.2, 0.25) is 0 Å². The van der Waals surface area contributed by atoms with Crippen molar-refractivity contribution in [1.82, 2.24) is 5.01 Å². The molecule has 2 heterocycles. The lowest BCUT2D eigenvalue weighted by Crippen LogP contribution is -2.31. The van der Waals surface area contributed by atoms with Gasteiger partial charge in [-0.1, -0.05) is 48.5 Å². The highest BCUT2D eigenvalue weighted by atomic mass is 32.1. The lowest BCUT2D eigenvalue weighted by Gasteiger charge is -2.22. The SMILES string of the molecule is COc1ccc(C2CC(c3ccc4ccccc4c3)=NN2C(=O)COC(=O)c2ccc(C)s2)cc1. The maximum absolute atomic E-state index is 13.2. The van der Waals surface area contributed by atoms with Crippen LogP contribution in [0.1, 0.15) is 38.1 Å². The molecule has 0 fully saturated rings. The summed E-state index contributed by atoms with van der Waals surface area (Å²) in [6.07, 6.45) is 0.550. The van der Waals surface area contributed by atoms with E-state index < -0.39 is 5.97 Å². The highest BCUT2D eigenvalue weighted by Gasteiger charge is 2.33. The first kappa shape index (κ1) is 22.8. The van der Waals surface area contributed by atoms with E-state index in [4.69, 9.17) is 14.6 Å². The molecule has 0 saturated heterocycles. The van der Waals surface area contributed by atoms with Crippen molar-refractivity contribution in [2.45, 2.75) is 19.4 Å². The third-order valence-electron chi connectivity index (χ3n) is 6.02. The maximum atomic E-state index is 13.2. The number of methoxy groups -OCH3 is 1. The van der Waals surface area contributed by atoms with E-state index in [1.165, 1.54) is 16.3 Å². The molecule has 0 aliphatic carbocycles. The van der Waals surface area contributed by atoms with Crippen LogP contribution in [0.25, 0.3) is 10.8 Å². The zero-order chi connectivity index (χ0) is 24.4. The number of nitrogens with zero attached hydrogens (tertiary/aromatic N) is 2. The predicted octanol–water partition coefficient (Wildman–Crippen LogP) is 5.75. The lowest BCUT2D eigenvalue weighted by atomic mass is 9.97. The molecule has 1 amide bonds. The summed E-state index contributed by atoms with van der Waals surface area (Å²) in [7, 11) is 1.62. The number of esters is 1. The molecule has 1 atom stereocenters. The average Bonchev–Trinajstić information content (AvgIpc) is 3.54. The minimum Gasteiger partial charge on any atom is -0.497 e. The van der Waals surface area contributed by atoms with Gasteiger partial charge in [-0.15, -0.1) is 11.3 Å². The summed E-state index contributed by atoms with van der Waals surface area (Å²) in [6, 6.07) is 25.2. The van der Waals surface area contributed by atoms with Crippen LogP contribution in [-0.4, -0.2) is 36.3 Å². The number of hydrazone groups is 1. The molecule has 4 aromatic rings. The molecule has 0 saturated carbocycles. The van der Waals surface area contributed by atoms with Gasteiger partial charge >= 0.3 is 5.97 Å². The zero-order valence-electron chi connectivity index (χ0n) is 19.4. The molecule has 0 N–H and O–H groups in total. The number of carbonyl (C=O) groups excluding carboxylic acids is 2. The summed E-state index contributed by atoms with van der Waals surface area (Å²) < 4.78 is 10.6. The Morgan fingerprint density at radius 2 is 1.77 bits per heavy atom.